The van der Waals surface area contributed by atoms with Crippen LogP contribution in [-0.2, 0) is 11.8 Å². The largest absolute Gasteiger partial charge is 0.378 e. The van der Waals surface area contributed by atoms with E-state index in [0.717, 1.165) is 16.8 Å². The highest BCUT2D eigenvalue weighted by Crippen LogP contribution is 2.37. The van der Waals surface area contributed by atoms with Gasteiger partial charge in [-0.1, -0.05) is 6.07 Å². The molecule has 3 heterocycles. The highest BCUT2D eigenvalue weighted by atomic mass is 19.3. The minimum absolute atomic E-state index is 0.0400. The number of rotatable bonds is 6. The lowest BCUT2D eigenvalue weighted by molar-refractivity contribution is 0.101. The van der Waals surface area contributed by atoms with Crippen LogP contribution in [0, 0.1) is 11.6 Å². The van der Waals surface area contributed by atoms with E-state index in [0.29, 0.717) is 57.3 Å². The molecule has 2 aromatic carbocycles. The zero-order chi connectivity index (χ0) is 30.1. The molecular weight excluding hydrogens is 554 g/mol. The van der Waals surface area contributed by atoms with Gasteiger partial charge in [-0.25, -0.2) is 17.6 Å². The summed E-state index contributed by atoms with van der Waals surface area (Å²) in [6.07, 6.45) is -2.00. The number of hydrogen-bond donors (Lipinski definition) is 1. The number of hydrogen-bond acceptors (Lipinski definition) is 6. The number of likely N-dealkylation sites (N-methyl/N-ethyl adjacent to an activating group) is 1. The number of nitrogens with one attached hydrogen (secondary N) is 1. The molecule has 1 amide bonds. The molecule has 0 bridgehead atoms. The number of piperazine rings is 1. The second kappa shape index (κ2) is 12.1. The first-order valence-electron chi connectivity index (χ1n) is 13.7. The first-order valence-corrected chi connectivity index (χ1v) is 13.7. The third kappa shape index (κ3) is 6.00. The van der Waals surface area contributed by atoms with E-state index in [1.165, 1.54) is 25.2 Å². The number of alkyl halides is 2. The van der Waals surface area contributed by atoms with Crippen molar-refractivity contribution in [2.24, 2.45) is 7.05 Å². The summed E-state index contributed by atoms with van der Waals surface area (Å²) in [4.78, 5) is 31.3. The topological polar surface area (TPSA) is 70.0 Å². The number of amides is 1. The standard InChI is InChI=1S/C30H33F4N5O3/c1-18-16-39(7-6-36(18)2)27-15-23(31)20(19-4-5-26(24(32)12-19)38-8-10-42-11-9-38)13-25(27)35-30(41)22-17-37(3)28(40)14-21(22)29(33)34/h4-5,12-15,17-18,29H,6-11,16H2,1-3H3,(H,35,41). The summed E-state index contributed by atoms with van der Waals surface area (Å²) < 4.78 is 64.9. The molecule has 12 heteroatoms. The minimum atomic E-state index is -3.06. The van der Waals surface area contributed by atoms with Crippen molar-refractivity contribution in [3.63, 3.8) is 0 Å². The Morgan fingerprint density at radius 3 is 2.36 bits per heavy atom. The van der Waals surface area contributed by atoms with Crippen molar-refractivity contribution >= 4 is 23.0 Å². The number of anilines is 3. The normalized spacial score (nSPS) is 18.0. The molecule has 8 nitrogen and oxygen atoms in total. The Hall–Kier alpha value is -3.90. The number of benzene rings is 2. The fourth-order valence-electron chi connectivity index (χ4n) is 5.35. The quantitative estimate of drug-likeness (QED) is 0.429. The Morgan fingerprint density at radius 1 is 0.952 bits per heavy atom. The van der Waals surface area contributed by atoms with E-state index in [9.17, 15) is 18.4 Å². The van der Waals surface area contributed by atoms with E-state index in [1.807, 2.05) is 23.8 Å². The van der Waals surface area contributed by atoms with Gasteiger partial charge in [0.15, 0.2) is 0 Å². The second-order valence-corrected chi connectivity index (χ2v) is 10.7. The molecule has 224 valence electrons. The van der Waals surface area contributed by atoms with Gasteiger partial charge in [0, 0.05) is 69.2 Å². The van der Waals surface area contributed by atoms with Gasteiger partial charge in [0.2, 0.25) is 0 Å². The fourth-order valence-corrected chi connectivity index (χ4v) is 5.35. The lowest BCUT2D eigenvalue weighted by atomic mass is 10.0. The minimum Gasteiger partial charge on any atom is -0.378 e. The summed E-state index contributed by atoms with van der Waals surface area (Å²) in [5.74, 6) is -2.03. The summed E-state index contributed by atoms with van der Waals surface area (Å²) in [5.41, 5.74) is -0.526. The molecular formula is C30H33F4N5O3. The van der Waals surface area contributed by atoms with E-state index in [2.05, 4.69) is 10.2 Å². The molecule has 0 aliphatic carbocycles. The Labute approximate surface area is 241 Å². The van der Waals surface area contributed by atoms with Gasteiger partial charge >= 0.3 is 0 Å². The number of morpholine rings is 1. The Morgan fingerprint density at radius 2 is 1.69 bits per heavy atom. The van der Waals surface area contributed by atoms with Crippen molar-refractivity contribution in [2.75, 3.05) is 68.1 Å². The summed E-state index contributed by atoms with van der Waals surface area (Å²) in [5, 5.41) is 2.68. The molecule has 0 radical (unpaired) electrons. The molecule has 1 N–H and O–H groups in total. The zero-order valence-electron chi connectivity index (χ0n) is 23.7. The number of carbonyl (C=O) groups excluding carboxylic acids is 1. The number of aromatic nitrogens is 1. The summed E-state index contributed by atoms with van der Waals surface area (Å²) in [6.45, 7) is 5.80. The summed E-state index contributed by atoms with van der Waals surface area (Å²) in [7, 11) is 3.34. The van der Waals surface area contributed by atoms with Crippen LogP contribution in [-0.4, -0.2) is 74.4 Å². The van der Waals surface area contributed by atoms with Gasteiger partial charge in [0.05, 0.1) is 35.8 Å². The first kappa shape index (κ1) is 29.6. The Balaban J connectivity index is 1.56. The molecule has 1 atom stereocenters. The number of halogens is 4. The molecule has 3 aromatic rings. The number of pyridine rings is 1. The van der Waals surface area contributed by atoms with Gasteiger partial charge in [-0.2, -0.15) is 0 Å². The molecule has 1 aromatic heterocycles. The maximum atomic E-state index is 15.7. The zero-order valence-corrected chi connectivity index (χ0v) is 23.7. The first-order chi connectivity index (χ1) is 20.0. The highest BCUT2D eigenvalue weighted by Gasteiger charge is 2.27. The van der Waals surface area contributed by atoms with E-state index in [4.69, 9.17) is 4.74 Å². The van der Waals surface area contributed by atoms with Gasteiger partial charge in [0.25, 0.3) is 17.9 Å². The van der Waals surface area contributed by atoms with Gasteiger partial charge in [-0.3, -0.25) is 9.59 Å². The number of ether oxygens (including phenoxy) is 1. The molecule has 1 unspecified atom stereocenters. The number of carbonyl (C=O) groups is 1. The van der Waals surface area contributed by atoms with Crippen LogP contribution in [0.2, 0.25) is 0 Å². The number of nitrogens with zero attached hydrogens (tertiary/aromatic N) is 4. The van der Waals surface area contributed by atoms with Crippen molar-refractivity contribution in [3.05, 3.63) is 75.7 Å². The van der Waals surface area contributed by atoms with Crippen molar-refractivity contribution < 1.29 is 27.1 Å². The maximum Gasteiger partial charge on any atom is 0.264 e. The van der Waals surface area contributed by atoms with Crippen molar-refractivity contribution in [3.8, 4) is 11.1 Å². The Bertz CT molecular complexity index is 1540. The van der Waals surface area contributed by atoms with Crippen LogP contribution >= 0.6 is 0 Å². The summed E-state index contributed by atoms with van der Waals surface area (Å²) >= 11 is 0. The van der Waals surface area contributed by atoms with Gasteiger partial charge in [-0.05, 0) is 43.8 Å². The third-order valence-electron chi connectivity index (χ3n) is 7.98. The molecule has 2 fully saturated rings. The highest BCUT2D eigenvalue weighted by molar-refractivity contribution is 6.07. The van der Waals surface area contributed by atoms with Crippen LogP contribution in [0.5, 0.6) is 0 Å². The van der Waals surface area contributed by atoms with Crippen LogP contribution in [0.25, 0.3) is 11.1 Å². The third-order valence-corrected chi connectivity index (χ3v) is 7.98. The van der Waals surface area contributed by atoms with E-state index >= 15 is 8.78 Å². The monoisotopic (exact) mass is 587 g/mol. The average Bonchev–Trinajstić information content (AvgIpc) is 2.96. The SMILES string of the molecule is CC1CN(c2cc(F)c(-c3ccc(N4CCOCC4)c(F)c3)cc2NC(=O)c2cn(C)c(=O)cc2C(F)F)CCN1C. The van der Waals surface area contributed by atoms with Crippen LogP contribution in [0.1, 0.15) is 29.3 Å². The predicted molar refractivity (Wildman–Crippen MR) is 154 cm³/mol. The fraction of sp³-hybridized carbons (Fsp3) is 0.400. The molecule has 2 saturated heterocycles. The van der Waals surface area contributed by atoms with Crippen LogP contribution in [0.3, 0.4) is 0 Å². The van der Waals surface area contributed by atoms with E-state index < -0.39 is 35.1 Å². The predicted octanol–water partition coefficient (Wildman–Crippen LogP) is 4.50. The van der Waals surface area contributed by atoms with Crippen LogP contribution < -0.4 is 20.7 Å². The molecule has 2 aliphatic heterocycles. The van der Waals surface area contributed by atoms with Crippen LogP contribution in [0.15, 0.2) is 47.4 Å². The average molecular weight is 588 g/mol. The van der Waals surface area contributed by atoms with Crippen LogP contribution in [0.4, 0.5) is 34.6 Å². The van der Waals surface area contributed by atoms with Crippen molar-refractivity contribution in [1.29, 1.82) is 0 Å². The Kier molecular flexibility index (Phi) is 8.55. The van der Waals surface area contributed by atoms with E-state index in [1.54, 1.807) is 12.1 Å². The molecule has 42 heavy (non-hydrogen) atoms. The van der Waals surface area contributed by atoms with Gasteiger partial charge in [0.1, 0.15) is 11.6 Å². The molecule has 0 spiro atoms. The van der Waals surface area contributed by atoms with Gasteiger partial charge < -0.3 is 29.3 Å². The number of aryl methyl sites for hydroxylation is 1. The van der Waals surface area contributed by atoms with E-state index in [-0.39, 0.29) is 28.4 Å². The smallest absolute Gasteiger partial charge is 0.264 e. The van der Waals surface area contributed by atoms with Crippen molar-refractivity contribution in [1.82, 2.24) is 9.47 Å². The van der Waals surface area contributed by atoms with Crippen molar-refractivity contribution in [2.45, 2.75) is 19.4 Å². The molecule has 0 saturated carbocycles. The molecule has 2 aliphatic rings. The van der Waals surface area contributed by atoms with Gasteiger partial charge in [-0.15, -0.1) is 0 Å². The summed E-state index contributed by atoms with van der Waals surface area (Å²) in [6, 6.07) is 7.98. The lowest BCUT2D eigenvalue weighted by Crippen LogP contribution is -2.50. The maximum absolute atomic E-state index is 15.7. The lowest BCUT2D eigenvalue weighted by Gasteiger charge is -2.39. The second-order valence-electron chi connectivity index (χ2n) is 10.7. The molecule has 5 rings (SSSR count).